The van der Waals surface area contributed by atoms with Gasteiger partial charge in [0.25, 0.3) is 0 Å². The molecule has 12 heavy (non-hydrogen) atoms. The quantitative estimate of drug-likeness (QED) is 0.410. The van der Waals surface area contributed by atoms with Crippen LogP contribution in [0.15, 0.2) is 11.2 Å². The van der Waals surface area contributed by atoms with E-state index in [-0.39, 0.29) is 0 Å². The van der Waals surface area contributed by atoms with E-state index in [0.29, 0.717) is 12.3 Å². The lowest BCUT2D eigenvalue weighted by Crippen LogP contribution is -2.09. The summed E-state index contributed by atoms with van der Waals surface area (Å²) in [7, 11) is 0. The predicted octanol–water partition coefficient (Wildman–Crippen LogP) is 1.35. The van der Waals surface area contributed by atoms with Crippen molar-refractivity contribution in [1.29, 1.82) is 0 Å². The van der Waals surface area contributed by atoms with E-state index in [1.54, 1.807) is 6.92 Å². The highest BCUT2D eigenvalue weighted by Gasteiger charge is 2.01. The van der Waals surface area contributed by atoms with Crippen LogP contribution in [0, 0.1) is 13.8 Å². The van der Waals surface area contributed by atoms with Gasteiger partial charge in [-0.05, 0) is 26.8 Å². The van der Waals surface area contributed by atoms with E-state index in [1.165, 1.54) is 0 Å². The summed E-state index contributed by atoms with van der Waals surface area (Å²) in [5.41, 5.74) is 2.72. The molecule has 0 fully saturated rings. The molecule has 0 atom stereocenters. The van der Waals surface area contributed by atoms with Crippen molar-refractivity contribution in [2.75, 3.05) is 0 Å². The van der Waals surface area contributed by atoms with Gasteiger partial charge >= 0.3 is 0 Å². The second kappa shape index (κ2) is 3.38. The van der Waals surface area contributed by atoms with Gasteiger partial charge in [-0.25, -0.2) is 0 Å². The van der Waals surface area contributed by atoms with E-state index in [4.69, 9.17) is 5.21 Å². The minimum Gasteiger partial charge on any atom is -0.411 e. The molecule has 0 bridgehead atoms. The Morgan fingerprint density at radius 3 is 2.75 bits per heavy atom. The molecule has 0 aliphatic carbocycles. The molecule has 1 aromatic rings. The second-order valence-electron chi connectivity index (χ2n) is 2.92. The molecule has 0 saturated heterocycles. The average molecular weight is 167 g/mol. The lowest BCUT2D eigenvalue weighted by atomic mass is 10.4. The molecule has 0 amide bonds. The van der Waals surface area contributed by atoms with E-state index < -0.39 is 0 Å². The number of oxime groups is 1. The molecular formula is C8H13N3O. The number of aryl methyl sites for hydroxylation is 2. The zero-order valence-electron chi connectivity index (χ0n) is 7.57. The zero-order valence-corrected chi connectivity index (χ0v) is 7.57. The van der Waals surface area contributed by atoms with Gasteiger partial charge in [0.1, 0.15) is 0 Å². The Labute approximate surface area is 71.5 Å². The predicted molar refractivity (Wildman–Crippen MR) is 46.6 cm³/mol. The maximum absolute atomic E-state index is 8.44. The first-order valence-corrected chi connectivity index (χ1v) is 3.82. The Hall–Kier alpha value is -1.32. The van der Waals surface area contributed by atoms with E-state index in [0.717, 1.165) is 11.4 Å². The lowest BCUT2D eigenvalue weighted by molar-refractivity contribution is 0.316. The van der Waals surface area contributed by atoms with Crippen molar-refractivity contribution in [3.05, 3.63) is 17.5 Å². The standard InChI is InChI=1S/C8H13N3O/c1-6-4-8(3)11(9-6)5-7(2)10-12/h4,12H,5H2,1-3H3/b10-7-. The van der Waals surface area contributed by atoms with Crippen LogP contribution in [-0.2, 0) is 6.54 Å². The number of rotatable bonds is 2. The van der Waals surface area contributed by atoms with Gasteiger partial charge in [-0.2, -0.15) is 5.10 Å². The van der Waals surface area contributed by atoms with Crippen LogP contribution >= 0.6 is 0 Å². The fourth-order valence-electron chi connectivity index (χ4n) is 1.08. The Kier molecular flexibility index (Phi) is 2.47. The Morgan fingerprint density at radius 2 is 2.33 bits per heavy atom. The number of aromatic nitrogens is 2. The Bertz CT molecular complexity index is 301. The molecular weight excluding hydrogens is 154 g/mol. The molecule has 0 radical (unpaired) electrons. The summed E-state index contributed by atoms with van der Waals surface area (Å²) in [6, 6.07) is 1.99. The normalized spacial score (nSPS) is 12.1. The van der Waals surface area contributed by atoms with E-state index in [1.807, 2.05) is 24.6 Å². The maximum Gasteiger partial charge on any atom is 0.0825 e. The molecule has 1 N–H and O–H groups in total. The summed E-state index contributed by atoms with van der Waals surface area (Å²) in [6.45, 7) is 6.23. The highest BCUT2D eigenvalue weighted by atomic mass is 16.4. The minimum absolute atomic E-state index is 0.552. The highest BCUT2D eigenvalue weighted by Crippen LogP contribution is 2.01. The summed E-state index contributed by atoms with van der Waals surface area (Å²) >= 11 is 0. The maximum atomic E-state index is 8.44. The first-order chi connectivity index (χ1) is 5.63. The zero-order chi connectivity index (χ0) is 9.14. The van der Waals surface area contributed by atoms with Gasteiger partial charge in [-0.15, -0.1) is 0 Å². The van der Waals surface area contributed by atoms with Gasteiger partial charge in [0.15, 0.2) is 0 Å². The molecule has 0 saturated carbocycles. The lowest BCUT2D eigenvalue weighted by Gasteiger charge is -2.01. The minimum atomic E-state index is 0.552. The molecule has 4 nitrogen and oxygen atoms in total. The summed E-state index contributed by atoms with van der Waals surface area (Å²) in [6.07, 6.45) is 0. The van der Waals surface area contributed by atoms with Crippen LogP contribution in [-0.4, -0.2) is 20.7 Å². The van der Waals surface area contributed by atoms with Crippen molar-refractivity contribution in [3.63, 3.8) is 0 Å². The fraction of sp³-hybridized carbons (Fsp3) is 0.500. The summed E-state index contributed by atoms with van der Waals surface area (Å²) < 4.78 is 1.81. The highest BCUT2D eigenvalue weighted by molar-refractivity contribution is 5.80. The summed E-state index contributed by atoms with van der Waals surface area (Å²) in [5, 5.41) is 15.8. The van der Waals surface area contributed by atoms with Crippen LogP contribution in [0.3, 0.4) is 0 Å². The van der Waals surface area contributed by atoms with Crippen molar-refractivity contribution >= 4 is 5.71 Å². The number of nitrogens with zero attached hydrogens (tertiary/aromatic N) is 3. The van der Waals surface area contributed by atoms with Crippen LogP contribution in [0.1, 0.15) is 18.3 Å². The van der Waals surface area contributed by atoms with E-state index in [9.17, 15) is 0 Å². The fourth-order valence-corrected chi connectivity index (χ4v) is 1.08. The van der Waals surface area contributed by atoms with Gasteiger partial charge in [-0.3, -0.25) is 4.68 Å². The molecule has 1 rings (SSSR count). The smallest absolute Gasteiger partial charge is 0.0825 e. The third-order valence-corrected chi connectivity index (χ3v) is 1.65. The molecule has 4 heteroatoms. The third-order valence-electron chi connectivity index (χ3n) is 1.65. The molecule has 0 aliphatic rings. The third kappa shape index (κ3) is 1.84. The van der Waals surface area contributed by atoms with Crippen LogP contribution in [0.25, 0.3) is 0 Å². The SMILES string of the molecule is C/C(Cn1nc(C)cc1C)=N/O. The molecule has 0 aliphatic heterocycles. The summed E-state index contributed by atoms with van der Waals surface area (Å²) in [4.78, 5) is 0. The molecule has 0 unspecified atom stereocenters. The van der Waals surface area contributed by atoms with Crippen LogP contribution in [0.2, 0.25) is 0 Å². The molecule has 66 valence electrons. The molecule has 1 aromatic heterocycles. The van der Waals surface area contributed by atoms with Crippen LogP contribution < -0.4 is 0 Å². The van der Waals surface area contributed by atoms with E-state index >= 15 is 0 Å². The first kappa shape index (κ1) is 8.77. The topological polar surface area (TPSA) is 50.4 Å². The number of hydrogen-bond donors (Lipinski definition) is 1. The van der Waals surface area contributed by atoms with Crippen molar-refractivity contribution in [3.8, 4) is 0 Å². The van der Waals surface area contributed by atoms with Crippen molar-refractivity contribution in [2.45, 2.75) is 27.3 Å². The second-order valence-corrected chi connectivity index (χ2v) is 2.92. The van der Waals surface area contributed by atoms with Gasteiger partial charge in [0, 0.05) is 5.69 Å². The largest absolute Gasteiger partial charge is 0.411 e. The van der Waals surface area contributed by atoms with Crippen molar-refractivity contribution < 1.29 is 5.21 Å². The summed E-state index contributed by atoms with van der Waals surface area (Å²) in [5.74, 6) is 0. The molecule has 1 heterocycles. The Balaban J connectivity index is 2.82. The van der Waals surface area contributed by atoms with Crippen LogP contribution in [0.5, 0.6) is 0 Å². The van der Waals surface area contributed by atoms with Gasteiger partial charge in [0.2, 0.25) is 0 Å². The average Bonchev–Trinajstić information content (AvgIpc) is 2.30. The van der Waals surface area contributed by atoms with Crippen LogP contribution in [0.4, 0.5) is 0 Å². The van der Waals surface area contributed by atoms with E-state index in [2.05, 4.69) is 10.3 Å². The monoisotopic (exact) mass is 167 g/mol. The number of hydrogen-bond acceptors (Lipinski definition) is 3. The van der Waals surface area contributed by atoms with Crippen molar-refractivity contribution in [1.82, 2.24) is 9.78 Å². The molecule has 0 spiro atoms. The van der Waals surface area contributed by atoms with Gasteiger partial charge < -0.3 is 5.21 Å². The Morgan fingerprint density at radius 1 is 1.67 bits per heavy atom. The van der Waals surface area contributed by atoms with Gasteiger partial charge in [0.05, 0.1) is 18.0 Å². The van der Waals surface area contributed by atoms with Crippen molar-refractivity contribution in [2.24, 2.45) is 5.16 Å². The van der Waals surface area contributed by atoms with Gasteiger partial charge in [-0.1, -0.05) is 5.16 Å². The first-order valence-electron chi connectivity index (χ1n) is 3.82. The molecule has 0 aromatic carbocycles.